The van der Waals surface area contributed by atoms with Crippen LogP contribution in [0, 0.1) is 18.8 Å². The molecule has 0 radical (unpaired) electrons. The van der Waals surface area contributed by atoms with Gasteiger partial charge in [0.15, 0.2) is 0 Å². The standard InChI is InChI=1S/C17H13Cl3O/c1-12-7-8-17(13(10-12)4-3-9-18)21-11-14-15(19)5-2-6-16(14)20/h2,5-8,10H,9,11H2,1H3. The van der Waals surface area contributed by atoms with Gasteiger partial charge in [0.2, 0.25) is 0 Å². The summed E-state index contributed by atoms with van der Waals surface area (Å²) in [7, 11) is 0. The van der Waals surface area contributed by atoms with Gasteiger partial charge < -0.3 is 4.74 Å². The predicted octanol–water partition coefficient (Wildman–Crippen LogP) is 5.47. The highest BCUT2D eigenvalue weighted by molar-refractivity contribution is 6.35. The molecular weight excluding hydrogens is 327 g/mol. The van der Waals surface area contributed by atoms with Crippen molar-refractivity contribution in [1.29, 1.82) is 0 Å². The smallest absolute Gasteiger partial charge is 0.135 e. The van der Waals surface area contributed by atoms with E-state index in [1.807, 2.05) is 25.1 Å². The van der Waals surface area contributed by atoms with Gasteiger partial charge in [0, 0.05) is 15.6 Å². The molecule has 1 nitrogen and oxygen atoms in total. The van der Waals surface area contributed by atoms with Crippen LogP contribution >= 0.6 is 34.8 Å². The molecular formula is C17H13Cl3O. The first-order valence-corrected chi connectivity index (χ1v) is 7.62. The normalized spacial score (nSPS) is 9.90. The molecule has 0 bridgehead atoms. The van der Waals surface area contributed by atoms with Gasteiger partial charge in [0.05, 0.1) is 11.4 Å². The van der Waals surface area contributed by atoms with Crippen molar-refractivity contribution in [1.82, 2.24) is 0 Å². The van der Waals surface area contributed by atoms with Gasteiger partial charge in [-0.1, -0.05) is 47.2 Å². The highest BCUT2D eigenvalue weighted by Gasteiger charge is 2.08. The van der Waals surface area contributed by atoms with Gasteiger partial charge in [0.25, 0.3) is 0 Å². The fraction of sp³-hybridized carbons (Fsp3) is 0.176. The molecule has 0 heterocycles. The zero-order valence-electron chi connectivity index (χ0n) is 11.4. The highest BCUT2D eigenvalue weighted by Crippen LogP contribution is 2.27. The van der Waals surface area contributed by atoms with Crippen LogP contribution in [0.3, 0.4) is 0 Å². The molecule has 0 aliphatic heterocycles. The van der Waals surface area contributed by atoms with Gasteiger partial charge in [0.1, 0.15) is 12.4 Å². The Hall–Kier alpha value is -1.33. The SMILES string of the molecule is Cc1ccc(OCc2c(Cl)cccc2Cl)c(C#CCCl)c1. The van der Waals surface area contributed by atoms with Gasteiger partial charge >= 0.3 is 0 Å². The zero-order valence-corrected chi connectivity index (χ0v) is 13.7. The monoisotopic (exact) mass is 338 g/mol. The molecule has 108 valence electrons. The molecule has 21 heavy (non-hydrogen) atoms. The third kappa shape index (κ3) is 4.32. The van der Waals surface area contributed by atoms with Crippen LogP contribution in [0.4, 0.5) is 0 Å². The topological polar surface area (TPSA) is 9.23 Å². The van der Waals surface area contributed by atoms with E-state index in [-0.39, 0.29) is 12.5 Å². The predicted molar refractivity (Wildman–Crippen MR) is 89.6 cm³/mol. The van der Waals surface area contributed by atoms with Crippen LogP contribution in [0.1, 0.15) is 16.7 Å². The molecule has 4 heteroatoms. The summed E-state index contributed by atoms with van der Waals surface area (Å²) in [6.07, 6.45) is 0. The molecule has 2 aromatic carbocycles. The number of aryl methyl sites for hydroxylation is 1. The largest absolute Gasteiger partial charge is 0.487 e. The van der Waals surface area contributed by atoms with Crippen LogP contribution in [0.2, 0.25) is 10.0 Å². The first-order chi connectivity index (χ1) is 10.1. The molecule has 0 aliphatic carbocycles. The molecule has 0 amide bonds. The second-order valence-electron chi connectivity index (χ2n) is 4.42. The molecule has 0 aliphatic rings. The van der Waals surface area contributed by atoms with Crippen molar-refractivity contribution in [3.8, 4) is 17.6 Å². The fourth-order valence-electron chi connectivity index (χ4n) is 1.82. The number of halogens is 3. The quantitative estimate of drug-likeness (QED) is 0.532. The maximum atomic E-state index is 6.13. The first-order valence-electron chi connectivity index (χ1n) is 6.33. The molecule has 0 saturated carbocycles. The Balaban J connectivity index is 2.24. The summed E-state index contributed by atoms with van der Waals surface area (Å²) in [5.41, 5.74) is 2.67. The molecule has 0 saturated heterocycles. The van der Waals surface area contributed by atoms with Crippen LogP contribution in [0.5, 0.6) is 5.75 Å². The third-order valence-electron chi connectivity index (χ3n) is 2.86. The van der Waals surface area contributed by atoms with E-state index in [1.165, 1.54) is 0 Å². The van der Waals surface area contributed by atoms with E-state index in [9.17, 15) is 0 Å². The molecule has 2 rings (SSSR count). The van der Waals surface area contributed by atoms with E-state index < -0.39 is 0 Å². The number of hydrogen-bond donors (Lipinski definition) is 0. The van der Waals surface area contributed by atoms with E-state index in [2.05, 4.69) is 11.8 Å². The van der Waals surface area contributed by atoms with E-state index >= 15 is 0 Å². The molecule has 2 aromatic rings. The second kappa shape index (κ2) is 7.61. The Morgan fingerprint density at radius 2 is 1.81 bits per heavy atom. The number of hydrogen-bond acceptors (Lipinski definition) is 1. The Morgan fingerprint density at radius 3 is 2.48 bits per heavy atom. The molecule has 0 aromatic heterocycles. The van der Waals surface area contributed by atoms with Crippen LogP contribution in [0.15, 0.2) is 36.4 Å². The minimum absolute atomic E-state index is 0.281. The van der Waals surface area contributed by atoms with Crippen LogP contribution in [-0.2, 0) is 6.61 Å². The van der Waals surface area contributed by atoms with Gasteiger partial charge in [-0.25, -0.2) is 0 Å². The van der Waals surface area contributed by atoms with Gasteiger partial charge in [-0.3, -0.25) is 0 Å². The first kappa shape index (κ1) is 16.0. The Bertz CT molecular complexity index is 679. The number of benzene rings is 2. The van der Waals surface area contributed by atoms with E-state index in [0.717, 1.165) is 16.7 Å². The van der Waals surface area contributed by atoms with E-state index in [0.29, 0.717) is 15.8 Å². The zero-order chi connectivity index (χ0) is 15.2. The van der Waals surface area contributed by atoms with Gasteiger partial charge in [-0.05, 0) is 36.8 Å². The molecule has 0 spiro atoms. The average molecular weight is 340 g/mol. The summed E-state index contributed by atoms with van der Waals surface area (Å²) < 4.78 is 5.82. The maximum absolute atomic E-state index is 6.13. The summed E-state index contributed by atoms with van der Waals surface area (Å²) in [6, 6.07) is 11.2. The fourth-order valence-corrected chi connectivity index (χ4v) is 2.39. The molecule has 0 N–H and O–H groups in total. The Kier molecular flexibility index (Phi) is 5.82. The number of rotatable bonds is 3. The lowest BCUT2D eigenvalue weighted by atomic mass is 10.1. The van der Waals surface area contributed by atoms with Crippen LogP contribution in [-0.4, -0.2) is 5.88 Å². The van der Waals surface area contributed by atoms with Crippen molar-refractivity contribution in [2.45, 2.75) is 13.5 Å². The third-order valence-corrected chi connectivity index (χ3v) is 3.70. The van der Waals surface area contributed by atoms with Gasteiger partial charge in [-0.15, -0.1) is 11.6 Å². The minimum Gasteiger partial charge on any atom is -0.487 e. The van der Waals surface area contributed by atoms with Crippen LogP contribution in [0.25, 0.3) is 0 Å². The van der Waals surface area contributed by atoms with E-state index in [4.69, 9.17) is 39.5 Å². The number of alkyl halides is 1. The molecule has 0 fully saturated rings. The van der Waals surface area contributed by atoms with E-state index in [1.54, 1.807) is 18.2 Å². The van der Waals surface area contributed by atoms with Crippen molar-refractivity contribution in [3.05, 3.63) is 63.1 Å². The van der Waals surface area contributed by atoms with Crippen molar-refractivity contribution in [2.75, 3.05) is 5.88 Å². The summed E-state index contributed by atoms with van der Waals surface area (Å²) in [5.74, 6) is 6.80. The Morgan fingerprint density at radius 1 is 1.10 bits per heavy atom. The second-order valence-corrected chi connectivity index (χ2v) is 5.51. The summed E-state index contributed by atoms with van der Waals surface area (Å²) in [4.78, 5) is 0. The lowest BCUT2D eigenvalue weighted by molar-refractivity contribution is 0.305. The Labute approximate surface area is 139 Å². The average Bonchev–Trinajstić information content (AvgIpc) is 2.46. The molecule has 0 atom stereocenters. The highest BCUT2D eigenvalue weighted by atomic mass is 35.5. The van der Waals surface area contributed by atoms with Crippen molar-refractivity contribution in [2.24, 2.45) is 0 Å². The molecule has 0 unspecified atom stereocenters. The summed E-state index contributed by atoms with van der Waals surface area (Å²) in [6.45, 7) is 2.29. The lowest BCUT2D eigenvalue weighted by Gasteiger charge is -2.11. The van der Waals surface area contributed by atoms with Crippen LogP contribution < -0.4 is 4.74 Å². The lowest BCUT2D eigenvalue weighted by Crippen LogP contribution is -1.99. The maximum Gasteiger partial charge on any atom is 0.135 e. The van der Waals surface area contributed by atoms with Crippen molar-refractivity contribution in [3.63, 3.8) is 0 Å². The summed E-state index contributed by atoms with van der Waals surface area (Å²) >= 11 is 17.9. The summed E-state index contributed by atoms with van der Waals surface area (Å²) in [5, 5.41) is 1.17. The number of ether oxygens (including phenoxy) is 1. The van der Waals surface area contributed by atoms with Crippen molar-refractivity contribution >= 4 is 34.8 Å². The van der Waals surface area contributed by atoms with Gasteiger partial charge in [-0.2, -0.15) is 0 Å². The van der Waals surface area contributed by atoms with Crippen molar-refractivity contribution < 1.29 is 4.74 Å². The minimum atomic E-state index is 0.281.